The number of carbonyl (C=O) groups is 3. The maximum Gasteiger partial charge on any atom is 0.250 e. The molecule has 0 unspecified atom stereocenters. The molecule has 2 saturated carbocycles. The normalized spacial score (nSPS) is 34.0. The summed E-state index contributed by atoms with van der Waals surface area (Å²) in [5.74, 6) is -0.0543. The number of imide groups is 1. The summed E-state index contributed by atoms with van der Waals surface area (Å²) in [4.78, 5) is 40.9. The van der Waals surface area contributed by atoms with Crippen LogP contribution in [0.15, 0.2) is 36.4 Å². The number of amides is 3. The molecule has 0 aromatic heterocycles. The second-order valence-corrected chi connectivity index (χ2v) is 15.0. The Balaban J connectivity index is 1.25. The smallest absolute Gasteiger partial charge is 0.250 e. The van der Waals surface area contributed by atoms with E-state index in [0.29, 0.717) is 0 Å². The molecule has 0 radical (unpaired) electrons. The molecule has 4 aliphatic rings. The minimum Gasteiger partial charge on any atom is -0.508 e. The van der Waals surface area contributed by atoms with Gasteiger partial charge in [-0.3, -0.25) is 19.7 Å². The lowest BCUT2D eigenvalue weighted by molar-refractivity contribution is -0.150. The number of fused-ring (bicyclic) bond motifs is 6. The Bertz CT molecular complexity index is 1500. The SMILES string of the molecule is COCC(=O)Nc1ccc2c(c1)[C@@]1(C)CCC[C@](C)(C(=O)NC(=O)[C@@]3(C)CCC[C@]4(C)c5cc(O)ccc5CC[C@@H]34)[C@@H]1CC2. The van der Waals surface area contributed by atoms with E-state index >= 15 is 0 Å². The standard InChI is InChI=1S/C37H48N2O5/c1-34-16-6-18-36(3,29(34)14-10-23-8-12-25(20-27(23)34)38-31(41)22-44-5)32(42)39-33(43)37(4)19-7-17-35(2)28-21-26(40)13-9-24(28)11-15-30(35)37/h8-9,12-13,20-21,29-30,40H,6-7,10-11,14-19,22H2,1-5H3,(H,38,41)(H,39,42,43)/t29-,30-,34-,35-,36+,37+/m1/s1. The van der Waals surface area contributed by atoms with Gasteiger partial charge >= 0.3 is 0 Å². The van der Waals surface area contributed by atoms with Crippen molar-refractivity contribution in [1.29, 1.82) is 0 Å². The van der Waals surface area contributed by atoms with Gasteiger partial charge in [0, 0.05) is 12.8 Å². The van der Waals surface area contributed by atoms with Gasteiger partial charge in [-0.2, -0.15) is 0 Å². The Morgan fingerprint density at radius 1 is 0.795 bits per heavy atom. The molecular weight excluding hydrogens is 552 g/mol. The molecule has 44 heavy (non-hydrogen) atoms. The monoisotopic (exact) mass is 600 g/mol. The number of anilines is 1. The summed E-state index contributed by atoms with van der Waals surface area (Å²) in [5, 5.41) is 16.3. The van der Waals surface area contributed by atoms with E-state index in [4.69, 9.17) is 4.74 Å². The van der Waals surface area contributed by atoms with Gasteiger partial charge in [0.1, 0.15) is 12.4 Å². The second kappa shape index (κ2) is 11.0. The quantitative estimate of drug-likeness (QED) is 0.348. The summed E-state index contributed by atoms with van der Waals surface area (Å²) in [6.07, 6.45) is 8.74. The topological polar surface area (TPSA) is 105 Å². The van der Waals surface area contributed by atoms with E-state index in [1.165, 1.54) is 23.8 Å². The highest BCUT2D eigenvalue weighted by atomic mass is 16.5. The minimum atomic E-state index is -0.686. The predicted octanol–water partition coefficient (Wildman–Crippen LogP) is 6.34. The van der Waals surface area contributed by atoms with Gasteiger partial charge in [0.15, 0.2) is 0 Å². The summed E-state index contributed by atoms with van der Waals surface area (Å²) in [5.41, 5.74) is 3.81. The van der Waals surface area contributed by atoms with Crippen molar-refractivity contribution in [2.75, 3.05) is 19.0 Å². The highest BCUT2D eigenvalue weighted by Crippen LogP contribution is 2.59. The maximum atomic E-state index is 14.4. The van der Waals surface area contributed by atoms with Crippen LogP contribution in [0.25, 0.3) is 0 Å². The lowest BCUT2D eigenvalue weighted by Gasteiger charge is -2.56. The van der Waals surface area contributed by atoms with Crippen molar-refractivity contribution in [3.8, 4) is 5.75 Å². The third-order valence-electron chi connectivity index (χ3n) is 12.5. The third kappa shape index (κ3) is 4.77. The van der Waals surface area contributed by atoms with Crippen molar-refractivity contribution in [2.24, 2.45) is 22.7 Å². The van der Waals surface area contributed by atoms with Gasteiger partial charge in [0.2, 0.25) is 17.7 Å². The highest BCUT2D eigenvalue weighted by molar-refractivity contribution is 6.01. The van der Waals surface area contributed by atoms with Crippen LogP contribution in [0.1, 0.15) is 101 Å². The van der Waals surface area contributed by atoms with Crippen LogP contribution in [0.4, 0.5) is 5.69 Å². The largest absolute Gasteiger partial charge is 0.508 e. The zero-order chi connectivity index (χ0) is 31.5. The number of aromatic hydroxyl groups is 1. The number of hydrogen-bond donors (Lipinski definition) is 3. The summed E-state index contributed by atoms with van der Waals surface area (Å²) >= 11 is 0. The fourth-order valence-electron chi connectivity index (χ4n) is 10.2. The molecule has 0 spiro atoms. The lowest BCUT2D eigenvalue weighted by Crippen LogP contribution is -2.60. The average Bonchev–Trinajstić information content (AvgIpc) is 2.97. The molecule has 2 fully saturated rings. The molecule has 6 atom stereocenters. The number of phenolic OH excluding ortho intramolecular Hbond substituents is 1. The van der Waals surface area contributed by atoms with E-state index in [-0.39, 0.29) is 52.7 Å². The third-order valence-corrected chi connectivity index (χ3v) is 12.5. The molecule has 0 aliphatic heterocycles. The van der Waals surface area contributed by atoms with Gasteiger partial charge in [-0.05, 0) is 121 Å². The second-order valence-electron chi connectivity index (χ2n) is 15.0. The fourth-order valence-corrected chi connectivity index (χ4v) is 10.2. The Kier molecular flexibility index (Phi) is 7.71. The van der Waals surface area contributed by atoms with Crippen LogP contribution in [0.3, 0.4) is 0 Å². The summed E-state index contributed by atoms with van der Waals surface area (Å²) in [6.45, 7) is 8.65. The first-order valence-corrected chi connectivity index (χ1v) is 16.5. The first-order valence-electron chi connectivity index (χ1n) is 16.5. The highest BCUT2D eigenvalue weighted by Gasteiger charge is 2.58. The zero-order valence-corrected chi connectivity index (χ0v) is 27.0. The molecule has 6 rings (SSSR count). The number of benzene rings is 2. The fraction of sp³-hybridized carbons (Fsp3) is 0.595. The van der Waals surface area contributed by atoms with Crippen molar-refractivity contribution in [2.45, 2.75) is 103 Å². The minimum absolute atomic E-state index is 0.00282. The average molecular weight is 601 g/mol. The van der Waals surface area contributed by atoms with E-state index in [0.717, 1.165) is 75.5 Å². The molecule has 2 aromatic carbocycles. The summed E-state index contributed by atoms with van der Waals surface area (Å²) in [6, 6.07) is 11.8. The van der Waals surface area contributed by atoms with E-state index in [1.807, 2.05) is 18.2 Å². The molecule has 0 heterocycles. The molecule has 0 saturated heterocycles. The summed E-state index contributed by atoms with van der Waals surface area (Å²) < 4.78 is 4.99. The van der Waals surface area contributed by atoms with Crippen molar-refractivity contribution in [3.05, 3.63) is 58.7 Å². The Morgan fingerprint density at radius 3 is 1.86 bits per heavy atom. The Labute approximate surface area is 261 Å². The molecule has 7 heteroatoms. The maximum absolute atomic E-state index is 14.4. The number of aryl methyl sites for hydroxylation is 2. The van der Waals surface area contributed by atoms with Gasteiger partial charge in [-0.1, -0.05) is 52.7 Å². The predicted molar refractivity (Wildman–Crippen MR) is 170 cm³/mol. The number of rotatable bonds is 5. The Morgan fingerprint density at radius 2 is 1.32 bits per heavy atom. The number of methoxy groups -OCH3 is 1. The van der Waals surface area contributed by atoms with E-state index in [2.05, 4.69) is 50.5 Å². The van der Waals surface area contributed by atoms with Crippen molar-refractivity contribution < 1.29 is 24.2 Å². The van der Waals surface area contributed by atoms with Crippen LogP contribution in [0, 0.1) is 22.7 Å². The van der Waals surface area contributed by atoms with Crippen molar-refractivity contribution in [1.82, 2.24) is 5.32 Å². The van der Waals surface area contributed by atoms with Crippen LogP contribution in [0.2, 0.25) is 0 Å². The molecule has 3 amide bonds. The molecule has 0 bridgehead atoms. The molecule has 3 N–H and O–H groups in total. The number of carbonyl (C=O) groups excluding carboxylic acids is 3. The van der Waals surface area contributed by atoms with E-state index < -0.39 is 10.8 Å². The van der Waals surface area contributed by atoms with E-state index in [9.17, 15) is 19.5 Å². The number of nitrogens with one attached hydrogen (secondary N) is 2. The van der Waals surface area contributed by atoms with Crippen LogP contribution in [-0.4, -0.2) is 36.5 Å². The zero-order valence-electron chi connectivity index (χ0n) is 27.0. The summed E-state index contributed by atoms with van der Waals surface area (Å²) in [7, 11) is 1.50. The molecule has 2 aromatic rings. The van der Waals surface area contributed by atoms with Gasteiger partial charge in [0.05, 0.1) is 10.8 Å². The van der Waals surface area contributed by atoms with Crippen LogP contribution in [-0.2, 0) is 42.8 Å². The van der Waals surface area contributed by atoms with Gasteiger partial charge in [-0.15, -0.1) is 0 Å². The molecule has 7 nitrogen and oxygen atoms in total. The molecule has 4 aliphatic carbocycles. The Hall–Kier alpha value is -3.19. The first kappa shape index (κ1) is 30.8. The van der Waals surface area contributed by atoms with Crippen LogP contribution >= 0.6 is 0 Å². The van der Waals surface area contributed by atoms with Crippen LogP contribution < -0.4 is 10.6 Å². The number of ether oxygens (including phenoxy) is 1. The van der Waals surface area contributed by atoms with Gasteiger partial charge in [0.25, 0.3) is 0 Å². The van der Waals surface area contributed by atoms with Crippen LogP contribution in [0.5, 0.6) is 5.75 Å². The van der Waals surface area contributed by atoms with E-state index in [1.54, 1.807) is 6.07 Å². The van der Waals surface area contributed by atoms with Crippen molar-refractivity contribution in [3.63, 3.8) is 0 Å². The van der Waals surface area contributed by atoms with Gasteiger partial charge in [-0.25, -0.2) is 0 Å². The molecule has 236 valence electrons. The molecular formula is C37H48N2O5. The van der Waals surface area contributed by atoms with Gasteiger partial charge < -0.3 is 15.2 Å². The lowest BCUT2D eigenvalue weighted by atomic mass is 9.49. The van der Waals surface area contributed by atoms with Crippen molar-refractivity contribution >= 4 is 23.4 Å². The number of phenols is 1. The first-order chi connectivity index (χ1) is 20.8. The number of hydrogen-bond acceptors (Lipinski definition) is 5.